The van der Waals surface area contributed by atoms with E-state index in [4.69, 9.17) is 20.6 Å². The van der Waals surface area contributed by atoms with Gasteiger partial charge in [0.15, 0.2) is 9.74 Å². The van der Waals surface area contributed by atoms with Crippen LogP contribution in [0.15, 0.2) is 85.1 Å². The van der Waals surface area contributed by atoms with Gasteiger partial charge >= 0.3 is 11.6 Å². The zero-order chi connectivity index (χ0) is 29.4. The molecule has 3 unspecified atom stereocenters. The molecule has 0 radical (unpaired) electrons. The molecule has 4 saturated heterocycles. The maximum absolute atomic E-state index is 14.8. The van der Waals surface area contributed by atoms with Gasteiger partial charge in [-0.2, -0.15) is 8.42 Å². The van der Waals surface area contributed by atoms with Crippen LogP contribution in [0.25, 0.3) is 10.9 Å². The number of likely N-dealkylation sites (N-methyl/N-ethyl adjacent to an activating group) is 1. The number of nitrogens with zero attached hydrogens (tertiary/aromatic N) is 3. The molecule has 5 aliphatic heterocycles. The number of thiocarbonyl (C=S) groups is 1. The Hall–Kier alpha value is -3.45. The Morgan fingerprint density at radius 2 is 1.57 bits per heavy atom. The van der Waals surface area contributed by atoms with E-state index in [1.54, 1.807) is 11.9 Å². The lowest BCUT2D eigenvalue weighted by Crippen LogP contribution is -2.72. The molecule has 2 bridgehead atoms. The number of fused-ring (bicyclic) bond motifs is 7. The fourth-order valence-electron chi connectivity index (χ4n) is 7.26. The van der Waals surface area contributed by atoms with Crippen LogP contribution in [0, 0.1) is 0 Å². The number of aromatic amines is 1. The van der Waals surface area contributed by atoms with Gasteiger partial charge in [-0.15, -0.1) is 0 Å². The molecule has 4 fully saturated rings. The highest BCUT2D eigenvalue weighted by molar-refractivity contribution is 8.48. The maximum Gasteiger partial charge on any atom is 0.335 e. The lowest BCUT2D eigenvalue weighted by molar-refractivity contribution is -0.163. The number of piperazine rings is 1. The van der Waals surface area contributed by atoms with Crippen LogP contribution in [-0.2, 0) is 26.6 Å². The van der Waals surface area contributed by atoms with E-state index in [1.165, 1.54) is 23.5 Å². The Kier molecular flexibility index (Phi) is 6.21. The van der Waals surface area contributed by atoms with E-state index in [9.17, 15) is 9.59 Å². The fourth-order valence-corrected chi connectivity index (χ4v) is 11.0. The van der Waals surface area contributed by atoms with Gasteiger partial charge in [0.05, 0.1) is 5.41 Å². The standard InChI is InChI=1S/C30H24N4O2S3.O2S/c1-28-25(35)34-24-29(21-16-31-22-14-8-6-12-19(21)22,17-30(34,26(36)32(28)2)39-27(37)38-28)20-13-7-9-15-23(20)33(24)18-10-4-3-5-11-18;1-3-2/h3-16,24,31H,17H2,1-2H3;/t24-,28?,29?,30?;/m0./s1. The van der Waals surface area contributed by atoms with Crippen molar-refractivity contribution in [1.29, 1.82) is 0 Å². The smallest absolute Gasteiger partial charge is 0.335 e. The molecular formula is C30H24N4O4S4. The summed E-state index contributed by atoms with van der Waals surface area (Å²) in [5.74, 6) is -0.150. The topological polar surface area (TPSA) is 93.8 Å². The molecule has 2 amide bonds. The second kappa shape index (κ2) is 9.53. The second-order valence-corrected chi connectivity index (χ2v) is 14.8. The fraction of sp³-hybridized carbons (Fsp3) is 0.233. The molecule has 0 aliphatic carbocycles. The van der Waals surface area contributed by atoms with Crippen LogP contribution in [0.5, 0.6) is 0 Å². The first-order valence-electron chi connectivity index (χ1n) is 13.2. The molecule has 1 aromatic heterocycles. The first kappa shape index (κ1) is 27.4. The van der Waals surface area contributed by atoms with Gasteiger partial charge in [-0.05, 0) is 42.3 Å². The number of carbonyl (C=O) groups is 2. The minimum absolute atomic E-state index is 0.0685. The molecular weight excluding hydrogens is 609 g/mol. The summed E-state index contributed by atoms with van der Waals surface area (Å²) >= 11 is 7.78. The minimum Gasteiger partial charge on any atom is -0.361 e. The van der Waals surface area contributed by atoms with E-state index in [0.717, 1.165) is 33.4 Å². The van der Waals surface area contributed by atoms with Gasteiger partial charge in [0.2, 0.25) is 0 Å². The first-order chi connectivity index (χ1) is 20.2. The highest BCUT2D eigenvalue weighted by atomic mass is 32.2. The number of hydrogen-bond acceptors (Lipinski definition) is 8. The number of rotatable bonds is 2. The average molecular weight is 633 g/mol. The molecule has 1 spiro atoms. The largest absolute Gasteiger partial charge is 0.361 e. The van der Waals surface area contributed by atoms with Crippen molar-refractivity contribution in [2.24, 2.45) is 0 Å². The molecule has 4 aromatic rings. The SMILES string of the molecule is CN1C(=O)C23CC4(c5c[nH]c6ccccc56)c5ccccc5N(c5ccccc5)[C@H]4N2C(=O)C1(C)SC(=S)S3.O=S=O. The highest BCUT2D eigenvalue weighted by Crippen LogP contribution is 2.69. The molecule has 4 atom stereocenters. The van der Waals surface area contributed by atoms with Crippen LogP contribution in [0.4, 0.5) is 11.4 Å². The summed E-state index contributed by atoms with van der Waals surface area (Å²) in [6, 6.07) is 26.9. The van der Waals surface area contributed by atoms with Gasteiger partial charge in [0.25, 0.3) is 11.8 Å². The summed E-state index contributed by atoms with van der Waals surface area (Å²) in [5.41, 5.74) is 4.57. The van der Waals surface area contributed by atoms with Gasteiger partial charge in [-0.25, -0.2) is 0 Å². The lowest BCUT2D eigenvalue weighted by Gasteiger charge is -2.51. The molecule has 212 valence electrons. The van der Waals surface area contributed by atoms with Crippen molar-refractivity contribution in [3.8, 4) is 0 Å². The number of benzene rings is 3. The quantitative estimate of drug-likeness (QED) is 0.304. The van der Waals surface area contributed by atoms with Gasteiger partial charge in [-0.3, -0.25) is 14.5 Å². The highest BCUT2D eigenvalue weighted by Gasteiger charge is 2.77. The van der Waals surface area contributed by atoms with Gasteiger partial charge in [-0.1, -0.05) is 90.3 Å². The van der Waals surface area contributed by atoms with Crippen molar-refractivity contribution in [2.75, 3.05) is 11.9 Å². The van der Waals surface area contributed by atoms with Crippen molar-refractivity contribution < 1.29 is 18.0 Å². The lowest BCUT2D eigenvalue weighted by atomic mass is 9.72. The molecule has 5 aliphatic rings. The predicted molar refractivity (Wildman–Crippen MR) is 170 cm³/mol. The zero-order valence-electron chi connectivity index (χ0n) is 22.5. The third-order valence-corrected chi connectivity index (χ3v) is 12.0. The molecule has 3 aromatic carbocycles. The Morgan fingerprint density at radius 3 is 2.33 bits per heavy atom. The van der Waals surface area contributed by atoms with Gasteiger partial charge in [0.1, 0.15) is 9.69 Å². The number of nitrogens with one attached hydrogen (secondary N) is 1. The van der Waals surface area contributed by atoms with Crippen molar-refractivity contribution >= 4 is 84.9 Å². The number of hydrogen-bond donors (Lipinski definition) is 1. The second-order valence-electron chi connectivity index (χ2n) is 10.8. The molecule has 0 saturated carbocycles. The summed E-state index contributed by atoms with van der Waals surface area (Å²) in [5, 5.41) is 1.09. The van der Waals surface area contributed by atoms with Crippen LogP contribution in [0.2, 0.25) is 0 Å². The number of thioether (sulfide) groups is 2. The molecule has 8 nitrogen and oxygen atoms in total. The summed E-state index contributed by atoms with van der Waals surface area (Å²) in [6.07, 6.45) is 2.04. The van der Waals surface area contributed by atoms with Crippen molar-refractivity contribution in [3.63, 3.8) is 0 Å². The summed E-state index contributed by atoms with van der Waals surface area (Å²) < 4.78 is 17.2. The molecule has 12 heteroatoms. The number of H-pyrrole nitrogens is 1. The maximum atomic E-state index is 14.8. The van der Waals surface area contributed by atoms with E-state index in [2.05, 4.69) is 58.5 Å². The molecule has 1 N–H and O–H groups in total. The third-order valence-electron chi connectivity index (χ3n) is 9.01. The van der Waals surface area contributed by atoms with Crippen LogP contribution in [0.1, 0.15) is 24.5 Å². The Morgan fingerprint density at radius 1 is 0.905 bits per heavy atom. The number of carbonyl (C=O) groups excluding carboxylic acids is 2. The molecule has 6 heterocycles. The number of para-hydroxylation sites is 3. The van der Waals surface area contributed by atoms with E-state index < -0.39 is 32.9 Å². The Labute approximate surface area is 259 Å². The van der Waals surface area contributed by atoms with Crippen LogP contribution in [0.3, 0.4) is 0 Å². The normalized spacial score (nSPS) is 29.1. The number of aromatic nitrogens is 1. The Bertz CT molecular complexity index is 1840. The average Bonchev–Trinajstić information content (AvgIpc) is 3.60. The predicted octanol–water partition coefficient (Wildman–Crippen LogP) is 5.14. The van der Waals surface area contributed by atoms with Gasteiger partial charge < -0.3 is 14.8 Å². The van der Waals surface area contributed by atoms with Crippen molar-refractivity contribution in [2.45, 2.75) is 34.7 Å². The van der Waals surface area contributed by atoms with E-state index in [0.29, 0.717) is 9.95 Å². The summed E-state index contributed by atoms with van der Waals surface area (Å²) in [4.78, 5) is 36.3. The zero-order valence-corrected chi connectivity index (χ0v) is 25.7. The van der Waals surface area contributed by atoms with E-state index in [-0.39, 0.29) is 11.8 Å². The van der Waals surface area contributed by atoms with Crippen LogP contribution < -0.4 is 4.90 Å². The van der Waals surface area contributed by atoms with E-state index in [1.807, 2.05) is 48.2 Å². The van der Waals surface area contributed by atoms with Crippen LogP contribution >= 0.6 is 35.7 Å². The Balaban J connectivity index is 0.000000923. The number of amides is 2. The van der Waals surface area contributed by atoms with Crippen molar-refractivity contribution in [1.82, 2.24) is 14.8 Å². The molecule has 42 heavy (non-hydrogen) atoms. The molecule has 9 rings (SSSR count). The minimum atomic E-state index is -1.16. The van der Waals surface area contributed by atoms with Gasteiger partial charge in [0, 0.05) is 41.9 Å². The van der Waals surface area contributed by atoms with Crippen molar-refractivity contribution in [3.05, 3.63) is 96.2 Å². The van der Waals surface area contributed by atoms with Crippen LogP contribution in [-0.4, -0.2) is 61.5 Å². The third kappa shape index (κ3) is 3.34. The first-order valence-corrected chi connectivity index (χ1v) is 15.9. The summed E-state index contributed by atoms with van der Waals surface area (Å²) in [7, 11) is 1.75. The summed E-state index contributed by atoms with van der Waals surface area (Å²) in [6.45, 7) is 1.83. The van der Waals surface area contributed by atoms with E-state index >= 15 is 0 Å². The monoisotopic (exact) mass is 632 g/mol. The number of anilines is 2.